The molecular weight excluding hydrogens is 474 g/mol. The third-order valence-corrected chi connectivity index (χ3v) is 5.57. The van der Waals surface area contributed by atoms with Crippen LogP contribution in [0.1, 0.15) is 43.8 Å². The number of benzene rings is 3. The van der Waals surface area contributed by atoms with Gasteiger partial charge in [-0.25, -0.2) is 0 Å². The second kappa shape index (κ2) is 9.09. The van der Waals surface area contributed by atoms with E-state index in [1.54, 1.807) is 47.4 Å². The van der Waals surface area contributed by atoms with Crippen LogP contribution in [-0.2, 0) is 18.8 Å². The van der Waals surface area contributed by atoms with Gasteiger partial charge in [-0.1, -0.05) is 18.2 Å². The van der Waals surface area contributed by atoms with E-state index in [0.717, 1.165) is 5.56 Å². The van der Waals surface area contributed by atoms with Crippen molar-refractivity contribution in [2.75, 3.05) is 16.8 Å². The second-order valence-electron chi connectivity index (χ2n) is 8.02. The summed E-state index contributed by atoms with van der Waals surface area (Å²) in [5, 5.41) is 2.36. The number of hydrogen-bond acceptors (Lipinski definition) is 2. The highest BCUT2D eigenvalue weighted by molar-refractivity contribution is 6.07. The molecule has 182 valence electrons. The monoisotopic (exact) mass is 492 g/mol. The number of anilines is 2. The first-order chi connectivity index (χ1) is 16.4. The topological polar surface area (TPSA) is 49.4 Å². The first kappa shape index (κ1) is 24.3. The molecule has 1 aliphatic heterocycles. The minimum Gasteiger partial charge on any atom is -0.322 e. The molecule has 0 aromatic heterocycles. The molecule has 0 atom stereocenters. The summed E-state index contributed by atoms with van der Waals surface area (Å²) in [5.41, 5.74) is -1.88. The van der Waals surface area contributed by atoms with Gasteiger partial charge < -0.3 is 10.2 Å². The standard InChI is InChI=1S/C25H18F6N2O2/c26-24(27,28)18-11-17(12-19(14-18)25(29,30)31)22(34)32-20-8-9-21-16(13-20)7-4-10-33(21)23(35)15-5-2-1-3-6-15/h1-3,5-6,8-9,11-14H,4,7,10H2,(H,32,34). The van der Waals surface area contributed by atoms with E-state index in [2.05, 4.69) is 5.32 Å². The minimum atomic E-state index is -5.06. The molecule has 1 aliphatic rings. The third kappa shape index (κ3) is 5.31. The van der Waals surface area contributed by atoms with Crippen LogP contribution in [0.5, 0.6) is 0 Å². The number of nitrogens with zero attached hydrogens (tertiary/aromatic N) is 1. The maximum absolute atomic E-state index is 13.1. The highest BCUT2D eigenvalue weighted by Crippen LogP contribution is 2.37. The first-order valence-electron chi connectivity index (χ1n) is 10.5. The Morgan fingerprint density at radius 2 is 1.40 bits per heavy atom. The number of halogens is 6. The first-order valence-corrected chi connectivity index (χ1v) is 10.5. The molecule has 0 bridgehead atoms. The number of amides is 2. The summed E-state index contributed by atoms with van der Waals surface area (Å²) in [5.74, 6) is -1.32. The van der Waals surface area contributed by atoms with E-state index in [-0.39, 0.29) is 17.7 Å². The van der Waals surface area contributed by atoms with Crippen LogP contribution in [0.25, 0.3) is 0 Å². The highest BCUT2D eigenvalue weighted by atomic mass is 19.4. The van der Waals surface area contributed by atoms with Gasteiger partial charge in [-0.2, -0.15) is 26.3 Å². The normalized spacial score (nSPS) is 13.8. The number of fused-ring (bicyclic) bond motifs is 1. The van der Waals surface area contributed by atoms with Crippen LogP contribution in [0.15, 0.2) is 66.7 Å². The van der Waals surface area contributed by atoms with Crippen molar-refractivity contribution < 1.29 is 35.9 Å². The fourth-order valence-electron chi connectivity index (χ4n) is 3.91. The van der Waals surface area contributed by atoms with Crippen molar-refractivity contribution in [2.24, 2.45) is 0 Å². The number of alkyl halides is 6. The van der Waals surface area contributed by atoms with Gasteiger partial charge in [-0.15, -0.1) is 0 Å². The van der Waals surface area contributed by atoms with Gasteiger partial charge in [0.15, 0.2) is 0 Å². The van der Waals surface area contributed by atoms with Gasteiger partial charge in [-0.3, -0.25) is 9.59 Å². The Kier molecular flexibility index (Phi) is 6.31. The van der Waals surface area contributed by atoms with E-state index in [1.807, 2.05) is 0 Å². The van der Waals surface area contributed by atoms with E-state index in [9.17, 15) is 35.9 Å². The molecule has 0 unspecified atom stereocenters. The summed E-state index contributed by atoms with van der Waals surface area (Å²) in [6.45, 7) is 0.483. The molecule has 35 heavy (non-hydrogen) atoms. The van der Waals surface area contributed by atoms with Gasteiger partial charge in [-0.05, 0) is 66.9 Å². The summed E-state index contributed by atoms with van der Waals surface area (Å²) >= 11 is 0. The summed E-state index contributed by atoms with van der Waals surface area (Å²) in [4.78, 5) is 27.1. The maximum Gasteiger partial charge on any atom is 0.416 e. The summed E-state index contributed by atoms with van der Waals surface area (Å²) < 4.78 is 78.6. The van der Waals surface area contributed by atoms with Crippen molar-refractivity contribution in [3.05, 3.63) is 94.5 Å². The van der Waals surface area contributed by atoms with Crippen molar-refractivity contribution in [1.82, 2.24) is 0 Å². The van der Waals surface area contributed by atoms with Gasteiger partial charge in [0.2, 0.25) is 0 Å². The molecule has 2 amide bonds. The molecule has 3 aromatic carbocycles. The maximum atomic E-state index is 13.1. The summed E-state index contributed by atoms with van der Waals surface area (Å²) in [6.07, 6.45) is -8.89. The molecule has 1 heterocycles. The second-order valence-corrected chi connectivity index (χ2v) is 8.02. The highest BCUT2D eigenvalue weighted by Gasteiger charge is 2.37. The predicted octanol–water partition coefficient (Wildman–Crippen LogP) is 6.57. The average Bonchev–Trinajstić information content (AvgIpc) is 2.82. The fraction of sp³-hybridized carbons (Fsp3) is 0.200. The quantitative estimate of drug-likeness (QED) is 0.421. The lowest BCUT2D eigenvalue weighted by Gasteiger charge is -2.30. The van der Waals surface area contributed by atoms with E-state index in [4.69, 9.17) is 0 Å². The Bertz CT molecular complexity index is 1240. The van der Waals surface area contributed by atoms with Crippen LogP contribution in [0.4, 0.5) is 37.7 Å². The van der Waals surface area contributed by atoms with Gasteiger partial charge in [0.25, 0.3) is 11.8 Å². The SMILES string of the molecule is O=C(Nc1ccc2c(c1)CCCN2C(=O)c1ccccc1)c1cc(C(F)(F)F)cc(C(F)(F)F)c1. The van der Waals surface area contributed by atoms with Crippen LogP contribution in [0.2, 0.25) is 0 Å². The van der Waals surface area contributed by atoms with Crippen molar-refractivity contribution in [3.63, 3.8) is 0 Å². The zero-order chi connectivity index (χ0) is 25.4. The summed E-state index contributed by atoms with van der Waals surface area (Å²) in [7, 11) is 0. The average molecular weight is 492 g/mol. The smallest absolute Gasteiger partial charge is 0.322 e. The van der Waals surface area contributed by atoms with Crippen molar-refractivity contribution >= 4 is 23.2 Å². The van der Waals surface area contributed by atoms with E-state index < -0.39 is 35.0 Å². The van der Waals surface area contributed by atoms with E-state index >= 15 is 0 Å². The minimum absolute atomic E-state index is 0.0337. The predicted molar refractivity (Wildman–Crippen MR) is 117 cm³/mol. The molecule has 0 aliphatic carbocycles. The van der Waals surface area contributed by atoms with E-state index in [0.29, 0.717) is 42.8 Å². The molecule has 10 heteroatoms. The van der Waals surface area contributed by atoms with E-state index in [1.165, 1.54) is 6.07 Å². The molecule has 4 rings (SSSR count). The zero-order valence-electron chi connectivity index (χ0n) is 18.0. The molecule has 4 nitrogen and oxygen atoms in total. The number of carbonyl (C=O) groups excluding carboxylic acids is 2. The molecule has 1 N–H and O–H groups in total. The largest absolute Gasteiger partial charge is 0.416 e. The third-order valence-electron chi connectivity index (χ3n) is 5.57. The molecular formula is C25H18F6N2O2. The fourth-order valence-corrected chi connectivity index (χ4v) is 3.91. The Morgan fingerprint density at radius 1 is 0.771 bits per heavy atom. The Balaban J connectivity index is 1.60. The number of aryl methyl sites for hydroxylation is 1. The zero-order valence-corrected chi connectivity index (χ0v) is 18.0. The van der Waals surface area contributed by atoms with Crippen LogP contribution in [0.3, 0.4) is 0 Å². The van der Waals surface area contributed by atoms with Crippen molar-refractivity contribution in [1.29, 1.82) is 0 Å². The van der Waals surface area contributed by atoms with Gasteiger partial charge >= 0.3 is 12.4 Å². The van der Waals surface area contributed by atoms with Gasteiger partial charge in [0.1, 0.15) is 0 Å². The van der Waals surface area contributed by atoms with Crippen LogP contribution in [0, 0.1) is 0 Å². The Labute approximate surface area is 196 Å². The Hall–Kier alpha value is -3.82. The van der Waals surface area contributed by atoms with Crippen LogP contribution >= 0.6 is 0 Å². The van der Waals surface area contributed by atoms with Crippen molar-refractivity contribution in [3.8, 4) is 0 Å². The summed E-state index contributed by atoms with van der Waals surface area (Å²) in [6, 6.07) is 14.0. The lowest BCUT2D eigenvalue weighted by molar-refractivity contribution is -0.143. The Morgan fingerprint density at radius 3 is 2.00 bits per heavy atom. The molecule has 0 saturated carbocycles. The molecule has 3 aromatic rings. The van der Waals surface area contributed by atoms with Gasteiger partial charge in [0.05, 0.1) is 11.1 Å². The number of hydrogen-bond donors (Lipinski definition) is 1. The molecule has 0 saturated heterocycles. The number of nitrogens with one attached hydrogen (secondary N) is 1. The number of rotatable bonds is 3. The van der Waals surface area contributed by atoms with Crippen LogP contribution < -0.4 is 10.2 Å². The van der Waals surface area contributed by atoms with Crippen LogP contribution in [-0.4, -0.2) is 18.4 Å². The molecule has 0 spiro atoms. The van der Waals surface area contributed by atoms with Crippen molar-refractivity contribution in [2.45, 2.75) is 25.2 Å². The molecule has 0 fully saturated rings. The van der Waals surface area contributed by atoms with Gasteiger partial charge in [0, 0.05) is 29.0 Å². The lowest BCUT2D eigenvalue weighted by atomic mass is 9.99. The number of carbonyl (C=O) groups is 2. The lowest BCUT2D eigenvalue weighted by Crippen LogP contribution is -2.35. The molecule has 0 radical (unpaired) electrons.